The monoisotopic (exact) mass is 109 g/mol. The Labute approximate surface area is 48.0 Å². The van der Waals surface area contributed by atoms with Gasteiger partial charge in [-0.05, 0) is 0 Å². The van der Waals surface area contributed by atoms with Crippen molar-refractivity contribution in [3.63, 3.8) is 0 Å². The second kappa shape index (κ2) is 5.66. The van der Waals surface area contributed by atoms with Crippen molar-refractivity contribution >= 4 is 12.2 Å². The van der Waals surface area contributed by atoms with Crippen molar-refractivity contribution in [3.8, 4) is 0 Å². The third-order valence-electron chi connectivity index (χ3n) is 0.384. The van der Waals surface area contributed by atoms with Crippen LogP contribution < -0.4 is 5.73 Å². The SMILES string of the molecule is C=CN=C=C/N=C\N. The average Bonchev–Trinajstić information content (AvgIpc) is 1.81. The van der Waals surface area contributed by atoms with E-state index < -0.39 is 0 Å². The van der Waals surface area contributed by atoms with E-state index in [0.29, 0.717) is 0 Å². The quantitative estimate of drug-likeness (QED) is 0.402. The Morgan fingerprint density at radius 3 is 2.88 bits per heavy atom. The molecular weight excluding hydrogens is 102 g/mol. The van der Waals surface area contributed by atoms with Gasteiger partial charge < -0.3 is 5.73 Å². The molecule has 0 saturated carbocycles. The summed E-state index contributed by atoms with van der Waals surface area (Å²) in [5, 5.41) is 0. The Bertz CT molecular complexity index is 140. The minimum atomic E-state index is 1.16. The summed E-state index contributed by atoms with van der Waals surface area (Å²) in [7, 11) is 0. The van der Waals surface area contributed by atoms with Crippen LogP contribution >= 0.6 is 0 Å². The molecule has 0 aliphatic heterocycles. The summed E-state index contributed by atoms with van der Waals surface area (Å²) in [5.74, 6) is 2.44. The highest BCUT2D eigenvalue weighted by molar-refractivity contribution is 5.58. The van der Waals surface area contributed by atoms with Crippen LogP contribution in [0.2, 0.25) is 0 Å². The zero-order valence-corrected chi connectivity index (χ0v) is 4.41. The first kappa shape index (κ1) is 6.66. The van der Waals surface area contributed by atoms with Gasteiger partial charge in [0.15, 0.2) is 0 Å². The van der Waals surface area contributed by atoms with Crippen LogP contribution in [0.15, 0.2) is 29.0 Å². The molecule has 0 spiro atoms. The largest absolute Gasteiger partial charge is 0.390 e. The van der Waals surface area contributed by atoms with Gasteiger partial charge in [-0.3, -0.25) is 0 Å². The van der Waals surface area contributed by atoms with Crippen LogP contribution in [0.25, 0.3) is 0 Å². The molecule has 0 aromatic carbocycles. The maximum atomic E-state index is 4.88. The molecule has 0 aromatic rings. The topological polar surface area (TPSA) is 50.7 Å². The van der Waals surface area contributed by atoms with Gasteiger partial charge in [0.1, 0.15) is 0 Å². The number of rotatable bonds is 2. The fraction of sp³-hybridized carbons (Fsp3) is 0. The molecule has 0 radical (unpaired) electrons. The van der Waals surface area contributed by atoms with Gasteiger partial charge in [-0.15, -0.1) is 0 Å². The predicted molar refractivity (Wildman–Crippen MR) is 34.9 cm³/mol. The molecule has 3 nitrogen and oxygen atoms in total. The normalized spacial score (nSPS) is 8.00. The zero-order chi connectivity index (χ0) is 6.24. The smallest absolute Gasteiger partial charge is 0.0899 e. The van der Waals surface area contributed by atoms with Gasteiger partial charge in [-0.1, -0.05) is 6.58 Å². The highest BCUT2D eigenvalue weighted by Gasteiger charge is 1.50. The van der Waals surface area contributed by atoms with Crippen LogP contribution in [-0.4, -0.2) is 12.2 Å². The average molecular weight is 109 g/mol. The fourth-order valence-electron chi connectivity index (χ4n) is 0.162. The molecular formula is C5H7N3. The Kier molecular flexibility index (Phi) is 4.71. The van der Waals surface area contributed by atoms with Crippen LogP contribution in [0.4, 0.5) is 0 Å². The molecule has 0 saturated heterocycles. The number of hydrogen-bond acceptors (Lipinski definition) is 2. The van der Waals surface area contributed by atoms with Gasteiger partial charge >= 0.3 is 0 Å². The van der Waals surface area contributed by atoms with Crippen molar-refractivity contribution in [1.29, 1.82) is 0 Å². The molecule has 0 aliphatic rings. The van der Waals surface area contributed by atoms with Gasteiger partial charge in [0.2, 0.25) is 0 Å². The lowest BCUT2D eigenvalue weighted by Gasteiger charge is -1.63. The van der Waals surface area contributed by atoms with Crippen molar-refractivity contribution in [1.82, 2.24) is 0 Å². The summed E-state index contributed by atoms with van der Waals surface area (Å²) >= 11 is 0. The first-order valence-corrected chi connectivity index (χ1v) is 2.03. The van der Waals surface area contributed by atoms with E-state index in [1.54, 1.807) is 0 Å². The third kappa shape index (κ3) is 4.66. The molecule has 0 amide bonds. The van der Waals surface area contributed by atoms with E-state index in [0.717, 1.165) is 6.34 Å². The summed E-state index contributed by atoms with van der Waals surface area (Å²) in [4.78, 5) is 6.98. The maximum absolute atomic E-state index is 4.88. The molecule has 8 heavy (non-hydrogen) atoms. The number of nitrogens with zero attached hydrogens (tertiary/aromatic N) is 2. The summed E-state index contributed by atoms with van der Waals surface area (Å²) in [5.41, 5.74) is 4.88. The number of aliphatic imine (C=N–C) groups is 2. The van der Waals surface area contributed by atoms with E-state index in [9.17, 15) is 0 Å². The first-order valence-electron chi connectivity index (χ1n) is 2.03. The van der Waals surface area contributed by atoms with Gasteiger partial charge in [0.05, 0.1) is 12.5 Å². The van der Waals surface area contributed by atoms with Gasteiger partial charge in [-0.2, -0.15) is 0 Å². The second-order valence-electron chi connectivity index (χ2n) is 0.868. The predicted octanol–water partition coefficient (Wildman–Crippen LogP) is 0.300. The molecule has 0 aliphatic carbocycles. The van der Waals surface area contributed by atoms with E-state index in [-0.39, 0.29) is 0 Å². The molecule has 0 rings (SSSR count). The van der Waals surface area contributed by atoms with Crippen molar-refractivity contribution in [2.45, 2.75) is 0 Å². The van der Waals surface area contributed by atoms with E-state index in [1.807, 2.05) is 0 Å². The van der Waals surface area contributed by atoms with Crippen LogP contribution in [0.1, 0.15) is 0 Å². The molecule has 0 unspecified atom stereocenters. The van der Waals surface area contributed by atoms with Crippen LogP contribution in [0.3, 0.4) is 0 Å². The van der Waals surface area contributed by atoms with Gasteiger partial charge in [0, 0.05) is 12.1 Å². The Hall–Kier alpha value is -1.34. The summed E-state index contributed by atoms with van der Waals surface area (Å²) in [6.45, 7) is 3.33. The number of hydrogen-bond donors (Lipinski definition) is 1. The van der Waals surface area contributed by atoms with Crippen molar-refractivity contribution in [2.24, 2.45) is 15.7 Å². The molecule has 0 bridgehead atoms. The molecule has 0 atom stereocenters. The van der Waals surface area contributed by atoms with Crippen molar-refractivity contribution in [2.75, 3.05) is 0 Å². The lowest BCUT2D eigenvalue weighted by molar-refractivity contribution is 1.57. The standard InChI is InChI=1S/C5H7N3/c1-2-7-3-4-8-5-6/h2,4-5H,1H2,(H2,6,8). The molecule has 3 heteroatoms. The van der Waals surface area contributed by atoms with E-state index in [2.05, 4.69) is 22.4 Å². The van der Waals surface area contributed by atoms with E-state index in [4.69, 9.17) is 5.73 Å². The van der Waals surface area contributed by atoms with Crippen molar-refractivity contribution in [3.05, 3.63) is 19.0 Å². The van der Waals surface area contributed by atoms with Crippen LogP contribution in [0, 0.1) is 0 Å². The zero-order valence-electron chi connectivity index (χ0n) is 4.41. The summed E-state index contributed by atoms with van der Waals surface area (Å²) in [6.07, 6.45) is 3.87. The highest BCUT2D eigenvalue weighted by atomic mass is 14.8. The highest BCUT2D eigenvalue weighted by Crippen LogP contribution is 1.61. The lowest BCUT2D eigenvalue weighted by atomic mass is 10.9. The number of nitrogens with two attached hydrogens (primary N) is 1. The van der Waals surface area contributed by atoms with Gasteiger partial charge in [0.25, 0.3) is 0 Å². The fourth-order valence-corrected chi connectivity index (χ4v) is 0.162. The molecule has 0 aromatic heterocycles. The Morgan fingerprint density at radius 1 is 1.62 bits per heavy atom. The van der Waals surface area contributed by atoms with Gasteiger partial charge in [-0.25, -0.2) is 9.98 Å². The van der Waals surface area contributed by atoms with Crippen LogP contribution in [0.5, 0.6) is 0 Å². The molecule has 42 valence electrons. The van der Waals surface area contributed by atoms with E-state index in [1.165, 1.54) is 12.4 Å². The van der Waals surface area contributed by atoms with Crippen molar-refractivity contribution < 1.29 is 0 Å². The second-order valence-corrected chi connectivity index (χ2v) is 0.868. The maximum Gasteiger partial charge on any atom is 0.0899 e. The Balaban J connectivity index is 3.63. The van der Waals surface area contributed by atoms with Crippen LogP contribution in [-0.2, 0) is 0 Å². The third-order valence-corrected chi connectivity index (χ3v) is 0.384. The molecule has 2 N–H and O–H groups in total. The summed E-state index contributed by atoms with van der Waals surface area (Å²) in [6, 6.07) is 0. The minimum absolute atomic E-state index is 1.16. The Morgan fingerprint density at radius 2 is 2.38 bits per heavy atom. The molecule has 0 fully saturated rings. The summed E-state index contributed by atoms with van der Waals surface area (Å²) < 4.78 is 0. The lowest BCUT2D eigenvalue weighted by Crippen LogP contribution is -1.84. The van der Waals surface area contributed by atoms with E-state index >= 15 is 0 Å². The molecule has 0 heterocycles. The minimum Gasteiger partial charge on any atom is -0.390 e. The first-order chi connectivity index (χ1) is 3.91.